The molecule has 2 rings (SSSR count). The first-order valence-electron chi connectivity index (χ1n) is 5.67. The lowest BCUT2D eigenvalue weighted by molar-refractivity contribution is 0.559. The fraction of sp³-hybridized carbons (Fsp3) is 0.273. The number of hydrogen-bond acceptors (Lipinski definition) is 5. The summed E-state index contributed by atoms with van der Waals surface area (Å²) >= 11 is 0. The highest BCUT2D eigenvalue weighted by Gasteiger charge is 2.10. The fourth-order valence-electron chi connectivity index (χ4n) is 1.63. The van der Waals surface area contributed by atoms with E-state index < -0.39 is 10.0 Å². The van der Waals surface area contributed by atoms with Crippen LogP contribution in [0.3, 0.4) is 0 Å². The Labute approximate surface area is 111 Å². The molecular formula is C11H15N5O2S. The van der Waals surface area contributed by atoms with Crippen LogP contribution in [0.4, 0.5) is 0 Å². The molecule has 1 aromatic carbocycles. The molecule has 4 N–H and O–H groups in total. The Morgan fingerprint density at radius 3 is 2.58 bits per heavy atom. The van der Waals surface area contributed by atoms with Crippen molar-refractivity contribution in [3.8, 4) is 0 Å². The van der Waals surface area contributed by atoms with Crippen LogP contribution in [0, 0.1) is 0 Å². The monoisotopic (exact) mass is 281 g/mol. The molecule has 7 nitrogen and oxygen atoms in total. The number of aromatic amines is 1. The maximum absolute atomic E-state index is 11.1. The van der Waals surface area contributed by atoms with Gasteiger partial charge in [0.15, 0.2) is 0 Å². The summed E-state index contributed by atoms with van der Waals surface area (Å²) in [4.78, 5) is 4.11. The van der Waals surface area contributed by atoms with Crippen LogP contribution in [0.2, 0.25) is 0 Å². The van der Waals surface area contributed by atoms with Gasteiger partial charge in [0.2, 0.25) is 10.0 Å². The molecule has 0 aliphatic heterocycles. The number of aromatic nitrogens is 3. The fourth-order valence-corrected chi connectivity index (χ4v) is 2.15. The first-order valence-corrected chi connectivity index (χ1v) is 7.22. The second-order valence-electron chi connectivity index (χ2n) is 4.15. The van der Waals surface area contributed by atoms with E-state index in [1.807, 2.05) is 6.92 Å². The van der Waals surface area contributed by atoms with Crippen molar-refractivity contribution in [1.29, 1.82) is 0 Å². The number of nitrogens with zero attached hydrogens (tertiary/aromatic N) is 2. The van der Waals surface area contributed by atoms with E-state index in [2.05, 4.69) is 20.5 Å². The van der Waals surface area contributed by atoms with Gasteiger partial charge in [-0.25, -0.2) is 18.5 Å². The van der Waals surface area contributed by atoms with Crippen molar-refractivity contribution in [2.45, 2.75) is 24.4 Å². The minimum Gasteiger partial charge on any atom is -0.303 e. The molecule has 0 saturated carbocycles. The van der Waals surface area contributed by atoms with Gasteiger partial charge >= 0.3 is 0 Å². The first-order chi connectivity index (χ1) is 8.97. The third kappa shape index (κ3) is 3.60. The smallest absolute Gasteiger partial charge is 0.238 e. The summed E-state index contributed by atoms with van der Waals surface area (Å²) < 4.78 is 22.3. The maximum atomic E-state index is 11.1. The molecule has 0 spiro atoms. The Morgan fingerprint density at radius 2 is 2.05 bits per heavy atom. The van der Waals surface area contributed by atoms with Crippen LogP contribution < -0.4 is 10.5 Å². The van der Waals surface area contributed by atoms with Gasteiger partial charge in [-0.15, -0.1) is 0 Å². The van der Waals surface area contributed by atoms with Gasteiger partial charge in [0.1, 0.15) is 12.2 Å². The Kier molecular flexibility index (Phi) is 3.93. The van der Waals surface area contributed by atoms with Crippen LogP contribution in [0.1, 0.15) is 24.4 Å². The average Bonchev–Trinajstić information content (AvgIpc) is 2.88. The van der Waals surface area contributed by atoms with Crippen molar-refractivity contribution in [2.24, 2.45) is 5.14 Å². The van der Waals surface area contributed by atoms with Crippen LogP contribution in [-0.2, 0) is 16.6 Å². The molecule has 0 radical (unpaired) electrons. The third-order valence-corrected chi connectivity index (χ3v) is 3.68. The number of rotatable bonds is 5. The zero-order chi connectivity index (χ0) is 13.9. The average molecular weight is 281 g/mol. The standard InChI is InChI=1S/C11H15N5O2S/c1-8(13-6-11-14-7-15-16-11)9-2-4-10(5-3-9)19(12,17)18/h2-5,7-8,13H,6H2,1H3,(H2,12,17,18)(H,14,15,16). The van der Waals surface area contributed by atoms with Gasteiger partial charge < -0.3 is 5.32 Å². The van der Waals surface area contributed by atoms with Crippen LogP contribution in [-0.4, -0.2) is 23.6 Å². The molecule has 102 valence electrons. The largest absolute Gasteiger partial charge is 0.303 e. The zero-order valence-corrected chi connectivity index (χ0v) is 11.2. The summed E-state index contributed by atoms with van der Waals surface area (Å²) in [6, 6.07) is 6.52. The summed E-state index contributed by atoms with van der Waals surface area (Å²) in [6.07, 6.45) is 1.45. The van der Waals surface area contributed by atoms with E-state index in [1.165, 1.54) is 18.5 Å². The van der Waals surface area contributed by atoms with Crippen LogP contribution in [0.5, 0.6) is 0 Å². The minimum absolute atomic E-state index is 0.0552. The van der Waals surface area contributed by atoms with Gasteiger partial charge in [-0.3, -0.25) is 5.10 Å². The molecule has 1 heterocycles. The van der Waals surface area contributed by atoms with Crippen molar-refractivity contribution in [3.63, 3.8) is 0 Å². The van der Waals surface area contributed by atoms with E-state index >= 15 is 0 Å². The molecule has 0 amide bonds. The highest BCUT2D eigenvalue weighted by atomic mass is 32.2. The molecular weight excluding hydrogens is 266 g/mol. The third-order valence-electron chi connectivity index (χ3n) is 2.75. The molecule has 1 aromatic heterocycles. The Hall–Kier alpha value is -1.77. The molecule has 1 atom stereocenters. The van der Waals surface area contributed by atoms with Gasteiger partial charge in [0.05, 0.1) is 11.4 Å². The summed E-state index contributed by atoms with van der Waals surface area (Å²) in [5, 5.41) is 14.8. The highest BCUT2D eigenvalue weighted by Crippen LogP contribution is 2.15. The van der Waals surface area contributed by atoms with Crippen molar-refractivity contribution in [3.05, 3.63) is 42.0 Å². The summed E-state index contributed by atoms with van der Waals surface area (Å²) in [5.74, 6) is 0.744. The summed E-state index contributed by atoms with van der Waals surface area (Å²) in [7, 11) is -3.64. The number of sulfonamides is 1. The number of nitrogens with two attached hydrogens (primary N) is 1. The van der Waals surface area contributed by atoms with Gasteiger partial charge in [0.25, 0.3) is 0 Å². The molecule has 0 saturated heterocycles. The number of primary sulfonamides is 1. The van der Waals surface area contributed by atoms with E-state index in [0.29, 0.717) is 6.54 Å². The minimum atomic E-state index is -3.64. The van der Waals surface area contributed by atoms with Crippen LogP contribution in [0.15, 0.2) is 35.5 Å². The van der Waals surface area contributed by atoms with E-state index in [-0.39, 0.29) is 10.9 Å². The van der Waals surface area contributed by atoms with Gasteiger partial charge in [-0.1, -0.05) is 12.1 Å². The van der Waals surface area contributed by atoms with Crippen molar-refractivity contribution in [1.82, 2.24) is 20.5 Å². The molecule has 19 heavy (non-hydrogen) atoms. The maximum Gasteiger partial charge on any atom is 0.238 e. The second kappa shape index (κ2) is 5.47. The molecule has 2 aromatic rings. The van der Waals surface area contributed by atoms with E-state index in [4.69, 9.17) is 5.14 Å². The molecule has 0 fully saturated rings. The van der Waals surface area contributed by atoms with Crippen molar-refractivity contribution in [2.75, 3.05) is 0 Å². The molecule has 8 heteroatoms. The normalized spacial score (nSPS) is 13.4. The highest BCUT2D eigenvalue weighted by molar-refractivity contribution is 7.89. The molecule has 0 bridgehead atoms. The van der Waals surface area contributed by atoms with Crippen molar-refractivity contribution < 1.29 is 8.42 Å². The molecule has 0 aliphatic rings. The first kappa shape index (κ1) is 13.7. The Bertz CT molecular complexity index is 622. The second-order valence-corrected chi connectivity index (χ2v) is 5.71. The van der Waals surface area contributed by atoms with Crippen LogP contribution in [0.25, 0.3) is 0 Å². The van der Waals surface area contributed by atoms with Crippen molar-refractivity contribution >= 4 is 10.0 Å². The zero-order valence-electron chi connectivity index (χ0n) is 10.4. The van der Waals surface area contributed by atoms with E-state index in [1.54, 1.807) is 12.1 Å². The lowest BCUT2D eigenvalue weighted by atomic mass is 10.1. The topological polar surface area (TPSA) is 114 Å². The lowest BCUT2D eigenvalue weighted by Gasteiger charge is -2.13. The molecule has 1 unspecified atom stereocenters. The van der Waals surface area contributed by atoms with Gasteiger partial charge in [-0.05, 0) is 24.6 Å². The number of H-pyrrole nitrogens is 1. The molecule has 0 aliphatic carbocycles. The van der Waals surface area contributed by atoms with E-state index in [9.17, 15) is 8.42 Å². The Balaban J connectivity index is 2.01. The Morgan fingerprint density at radius 1 is 1.37 bits per heavy atom. The SMILES string of the molecule is CC(NCc1ncn[nH]1)c1ccc(S(N)(=O)=O)cc1. The number of nitrogens with one attached hydrogen (secondary N) is 2. The predicted molar refractivity (Wildman–Crippen MR) is 69.5 cm³/mol. The summed E-state index contributed by atoms with van der Waals surface area (Å²) in [5.41, 5.74) is 0.965. The number of hydrogen-bond donors (Lipinski definition) is 3. The quantitative estimate of drug-likeness (QED) is 0.729. The van der Waals surface area contributed by atoms with Gasteiger partial charge in [0, 0.05) is 6.04 Å². The number of benzene rings is 1. The predicted octanol–water partition coefficient (Wildman–Crippen LogP) is 0.303. The lowest BCUT2D eigenvalue weighted by Crippen LogP contribution is -2.19. The van der Waals surface area contributed by atoms with E-state index in [0.717, 1.165) is 11.4 Å². The summed E-state index contributed by atoms with van der Waals surface area (Å²) in [6.45, 7) is 2.53. The van der Waals surface area contributed by atoms with Crippen LogP contribution >= 0.6 is 0 Å². The van der Waals surface area contributed by atoms with Gasteiger partial charge in [-0.2, -0.15) is 5.10 Å².